The van der Waals surface area contributed by atoms with E-state index in [4.69, 9.17) is 0 Å². The standard InChI is InChI=1S/C14H28IN3/c1-13(2)16-9-11-18(12-10-16)14(3,15)17-7-5-4-6-8-17/h13H,4-12H2,1-3H3. The van der Waals surface area contributed by atoms with Crippen molar-refractivity contribution < 1.29 is 0 Å². The van der Waals surface area contributed by atoms with Crippen LogP contribution in [0.5, 0.6) is 0 Å². The van der Waals surface area contributed by atoms with Crippen LogP contribution in [0, 0.1) is 0 Å². The highest BCUT2D eigenvalue weighted by Gasteiger charge is 2.37. The van der Waals surface area contributed by atoms with Crippen LogP contribution in [0.15, 0.2) is 0 Å². The second-order valence-electron chi connectivity index (χ2n) is 6.07. The molecule has 0 aliphatic carbocycles. The normalized spacial score (nSPS) is 28.5. The molecule has 2 fully saturated rings. The van der Waals surface area contributed by atoms with E-state index in [0.29, 0.717) is 6.04 Å². The molecule has 2 aliphatic rings. The van der Waals surface area contributed by atoms with E-state index in [1.165, 1.54) is 58.5 Å². The van der Waals surface area contributed by atoms with E-state index < -0.39 is 0 Å². The van der Waals surface area contributed by atoms with Crippen LogP contribution < -0.4 is 0 Å². The summed E-state index contributed by atoms with van der Waals surface area (Å²) in [5.74, 6) is 0. The van der Waals surface area contributed by atoms with E-state index in [1.54, 1.807) is 0 Å². The van der Waals surface area contributed by atoms with Crippen LogP contribution in [0.3, 0.4) is 0 Å². The van der Waals surface area contributed by atoms with Crippen LogP contribution >= 0.6 is 22.6 Å². The van der Waals surface area contributed by atoms with Crippen molar-refractivity contribution in [2.45, 2.75) is 49.7 Å². The molecule has 3 nitrogen and oxygen atoms in total. The maximum Gasteiger partial charge on any atom is 0.124 e. The minimum Gasteiger partial charge on any atom is -0.298 e. The summed E-state index contributed by atoms with van der Waals surface area (Å²) in [4.78, 5) is 7.96. The van der Waals surface area contributed by atoms with E-state index in [0.717, 1.165) is 0 Å². The molecule has 2 rings (SSSR count). The molecule has 18 heavy (non-hydrogen) atoms. The van der Waals surface area contributed by atoms with Gasteiger partial charge in [0.25, 0.3) is 0 Å². The third kappa shape index (κ3) is 3.38. The van der Waals surface area contributed by atoms with E-state index >= 15 is 0 Å². The Hall–Kier alpha value is 0.610. The van der Waals surface area contributed by atoms with Gasteiger partial charge in [0.05, 0.1) is 0 Å². The molecule has 0 spiro atoms. The predicted octanol–water partition coefficient (Wildman–Crippen LogP) is 2.61. The average molecular weight is 365 g/mol. The summed E-state index contributed by atoms with van der Waals surface area (Å²) in [5.41, 5.74) is 0. The molecule has 0 aromatic rings. The number of hydrogen-bond donors (Lipinski definition) is 0. The Morgan fingerprint density at radius 1 is 0.833 bits per heavy atom. The third-order valence-corrected chi connectivity index (χ3v) is 5.92. The highest BCUT2D eigenvalue weighted by atomic mass is 127. The lowest BCUT2D eigenvalue weighted by Gasteiger charge is -2.50. The van der Waals surface area contributed by atoms with Gasteiger partial charge < -0.3 is 0 Å². The molecule has 0 bridgehead atoms. The molecule has 106 valence electrons. The molecular weight excluding hydrogens is 337 g/mol. The van der Waals surface area contributed by atoms with Crippen molar-refractivity contribution in [3.63, 3.8) is 0 Å². The quantitative estimate of drug-likeness (QED) is 0.433. The van der Waals surface area contributed by atoms with Crippen molar-refractivity contribution in [1.29, 1.82) is 0 Å². The number of nitrogens with zero attached hydrogens (tertiary/aromatic N) is 3. The molecule has 0 amide bonds. The van der Waals surface area contributed by atoms with Gasteiger partial charge in [0, 0.05) is 45.3 Å². The number of likely N-dealkylation sites (tertiary alicyclic amines) is 1. The van der Waals surface area contributed by atoms with Crippen molar-refractivity contribution in [2.24, 2.45) is 0 Å². The van der Waals surface area contributed by atoms with Gasteiger partial charge in [0.2, 0.25) is 0 Å². The van der Waals surface area contributed by atoms with Gasteiger partial charge in [-0.15, -0.1) is 0 Å². The first kappa shape index (κ1) is 15.0. The lowest BCUT2D eigenvalue weighted by Crippen LogP contribution is -2.61. The highest BCUT2D eigenvalue weighted by Crippen LogP contribution is 2.31. The summed E-state index contributed by atoms with van der Waals surface area (Å²) in [6, 6.07) is 0.697. The largest absolute Gasteiger partial charge is 0.298 e. The van der Waals surface area contributed by atoms with Crippen molar-refractivity contribution in [3.8, 4) is 0 Å². The molecule has 0 radical (unpaired) electrons. The molecule has 0 N–H and O–H groups in total. The number of hydrogen-bond acceptors (Lipinski definition) is 3. The molecule has 2 saturated heterocycles. The molecule has 2 aliphatic heterocycles. The summed E-state index contributed by atoms with van der Waals surface area (Å²) >= 11 is 2.67. The Morgan fingerprint density at radius 3 is 1.83 bits per heavy atom. The molecule has 0 aromatic heterocycles. The smallest absolute Gasteiger partial charge is 0.124 e. The van der Waals surface area contributed by atoms with E-state index in [-0.39, 0.29) is 3.67 Å². The number of piperazine rings is 1. The lowest BCUT2D eigenvalue weighted by molar-refractivity contribution is -0.00853. The van der Waals surface area contributed by atoms with Crippen molar-refractivity contribution in [2.75, 3.05) is 39.3 Å². The van der Waals surface area contributed by atoms with Gasteiger partial charge >= 0.3 is 0 Å². The number of piperidine rings is 1. The Labute approximate surface area is 126 Å². The minimum absolute atomic E-state index is 0.223. The Kier molecular flexibility index (Phi) is 5.31. The molecule has 2 heterocycles. The van der Waals surface area contributed by atoms with Crippen molar-refractivity contribution >= 4 is 22.6 Å². The van der Waals surface area contributed by atoms with Gasteiger partial charge in [-0.05, 0) is 56.2 Å². The first-order valence-electron chi connectivity index (χ1n) is 7.45. The molecule has 0 aromatic carbocycles. The summed E-state index contributed by atoms with van der Waals surface area (Å²) < 4.78 is 0.223. The second-order valence-corrected chi connectivity index (χ2v) is 8.11. The van der Waals surface area contributed by atoms with Gasteiger partial charge in [0.15, 0.2) is 0 Å². The minimum atomic E-state index is 0.223. The van der Waals surface area contributed by atoms with E-state index in [9.17, 15) is 0 Å². The Bertz CT molecular complexity index is 254. The second kappa shape index (κ2) is 6.37. The predicted molar refractivity (Wildman–Crippen MR) is 86.1 cm³/mol. The fraction of sp³-hybridized carbons (Fsp3) is 1.00. The van der Waals surface area contributed by atoms with Crippen LogP contribution in [-0.4, -0.2) is 63.7 Å². The zero-order valence-corrected chi connectivity index (χ0v) is 14.3. The van der Waals surface area contributed by atoms with E-state index in [1.807, 2.05) is 0 Å². The number of alkyl halides is 1. The zero-order chi connectivity index (χ0) is 13.2. The van der Waals surface area contributed by atoms with Crippen LogP contribution in [-0.2, 0) is 0 Å². The first-order valence-corrected chi connectivity index (χ1v) is 8.53. The van der Waals surface area contributed by atoms with E-state index in [2.05, 4.69) is 58.1 Å². The van der Waals surface area contributed by atoms with Gasteiger partial charge in [-0.3, -0.25) is 14.7 Å². The van der Waals surface area contributed by atoms with Gasteiger partial charge in [0.1, 0.15) is 3.67 Å². The third-order valence-electron chi connectivity index (χ3n) is 4.55. The zero-order valence-electron chi connectivity index (χ0n) is 12.2. The number of rotatable bonds is 3. The van der Waals surface area contributed by atoms with Crippen molar-refractivity contribution in [1.82, 2.24) is 14.7 Å². The molecule has 4 heteroatoms. The van der Waals surface area contributed by atoms with Gasteiger partial charge in [-0.1, -0.05) is 6.42 Å². The molecular formula is C14H28IN3. The van der Waals surface area contributed by atoms with Crippen molar-refractivity contribution in [3.05, 3.63) is 0 Å². The fourth-order valence-corrected chi connectivity index (χ4v) is 4.11. The molecule has 0 saturated carbocycles. The van der Waals surface area contributed by atoms with Crippen LogP contribution in [0.25, 0.3) is 0 Å². The van der Waals surface area contributed by atoms with Gasteiger partial charge in [-0.2, -0.15) is 0 Å². The topological polar surface area (TPSA) is 9.72 Å². The Morgan fingerprint density at radius 2 is 1.33 bits per heavy atom. The first-order chi connectivity index (χ1) is 8.51. The molecule has 1 unspecified atom stereocenters. The molecule has 1 atom stereocenters. The summed E-state index contributed by atoms with van der Waals surface area (Å²) in [7, 11) is 0. The highest BCUT2D eigenvalue weighted by molar-refractivity contribution is 14.1. The number of halogens is 1. The monoisotopic (exact) mass is 365 g/mol. The average Bonchev–Trinajstić information content (AvgIpc) is 2.40. The fourth-order valence-electron chi connectivity index (χ4n) is 3.15. The van der Waals surface area contributed by atoms with Crippen LogP contribution in [0.1, 0.15) is 40.0 Å². The van der Waals surface area contributed by atoms with Gasteiger partial charge in [-0.25, -0.2) is 0 Å². The maximum atomic E-state index is 2.68. The maximum absolute atomic E-state index is 2.68. The summed E-state index contributed by atoms with van der Waals surface area (Å²) in [5, 5.41) is 0. The van der Waals surface area contributed by atoms with Crippen LogP contribution in [0.4, 0.5) is 0 Å². The SMILES string of the molecule is CC(C)N1CCN(C(C)(I)N2CCCCC2)CC1. The Balaban J connectivity index is 1.90. The summed E-state index contributed by atoms with van der Waals surface area (Å²) in [6.07, 6.45) is 4.18. The lowest BCUT2D eigenvalue weighted by atomic mass is 10.1. The summed E-state index contributed by atoms with van der Waals surface area (Å²) in [6.45, 7) is 14.5. The van der Waals surface area contributed by atoms with Crippen LogP contribution in [0.2, 0.25) is 0 Å².